The molecule has 9 nitrogen and oxygen atoms in total. The van der Waals surface area contributed by atoms with Crippen LogP contribution in [0.3, 0.4) is 0 Å². The highest BCUT2D eigenvalue weighted by Crippen LogP contribution is 2.27. The molecule has 0 aromatic carbocycles. The number of carboxylic acid groups (broad SMARTS) is 1. The van der Waals surface area contributed by atoms with Gasteiger partial charge >= 0.3 is 12.1 Å². The second-order valence-corrected chi connectivity index (χ2v) is 8.64. The van der Waals surface area contributed by atoms with Crippen molar-refractivity contribution in [1.29, 1.82) is 0 Å². The number of rotatable bonds is 7. The van der Waals surface area contributed by atoms with Crippen molar-refractivity contribution in [1.82, 2.24) is 24.5 Å². The Kier molecular flexibility index (Phi) is 6.05. The lowest BCUT2D eigenvalue weighted by Gasteiger charge is -2.44. The molecule has 1 saturated carbocycles. The van der Waals surface area contributed by atoms with Crippen molar-refractivity contribution in [2.24, 2.45) is 0 Å². The van der Waals surface area contributed by atoms with E-state index in [1.165, 1.54) is 12.8 Å². The Hall–Kier alpha value is -1.42. The smallest absolute Gasteiger partial charge is 0.411 e. The van der Waals surface area contributed by atoms with Crippen LogP contribution in [-0.2, 0) is 9.53 Å². The summed E-state index contributed by atoms with van der Waals surface area (Å²) in [5.74, 6) is -0.782. The molecule has 3 saturated heterocycles. The normalized spacial score (nSPS) is 31.3. The van der Waals surface area contributed by atoms with Crippen LogP contribution in [0.15, 0.2) is 0 Å². The lowest BCUT2D eigenvalue weighted by molar-refractivity contribution is -0.139. The van der Waals surface area contributed by atoms with E-state index in [2.05, 4.69) is 14.7 Å². The number of carboxylic acids is 1. The van der Waals surface area contributed by atoms with Crippen molar-refractivity contribution in [2.45, 2.75) is 37.6 Å². The fourth-order valence-corrected chi connectivity index (χ4v) is 4.75. The van der Waals surface area contributed by atoms with Gasteiger partial charge in [0.2, 0.25) is 0 Å². The third-order valence-corrected chi connectivity index (χ3v) is 6.57. The minimum absolute atomic E-state index is 0.0781. The van der Waals surface area contributed by atoms with Gasteiger partial charge in [0.25, 0.3) is 0 Å². The number of nitrogens with zero attached hydrogens (tertiary/aromatic N) is 5. The van der Waals surface area contributed by atoms with Gasteiger partial charge in [0.15, 0.2) is 6.23 Å². The van der Waals surface area contributed by atoms with Crippen molar-refractivity contribution in [3.05, 3.63) is 0 Å². The standard InChI is InChI=1S/C19H33N5O4/c1-20-13-17(28-19(20)27)24-11-8-22(14-18(25)26)12-16(24)4-5-21-6-9-23(10-7-21)15-2-3-15/h15-17H,2-14H2,1H3,(H,25,26). The second kappa shape index (κ2) is 8.52. The predicted octanol–water partition coefficient (Wildman–Crippen LogP) is -0.365. The first-order valence-corrected chi connectivity index (χ1v) is 10.6. The molecule has 2 atom stereocenters. The number of cyclic esters (lactones) is 1. The van der Waals surface area contributed by atoms with Crippen molar-refractivity contribution in [3.63, 3.8) is 0 Å². The molecule has 0 radical (unpaired) electrons. The molecule has 9 heteroatoms. The highest BCUT2D eigenvalue weighted by molar-refractivity contribution is 5.69. The minimum atomic E-state index is -0.782. The maximum absolute atomic E-state index is 11.8. The number of carbonyl (C=O) groups is 2. The van der Waals surface area contributed by atoms with Crippen LogP contribution in [0.25, 0.3) is 0 Å². The van der Waals surface area contributed by atoms with Gasteiger partial charge in [-0.15, -0.1) is 0 Å². The molecule has 0 aromatic rings. The Labute approximate surface area is 166 Å². The van der Waals surface area contributed by atoms with E-state index in [0.29, 0.717) is 19.6 Å². The molecule has 158 valence electrons. The number of hydrogen-bond acceptors (Lipinski definition) is 7. The monoisotopic (exact) mass is 395 g/mol. The summed E-state index contributed by atoms with van der Waals surface area (Å²) in [6.07, 6.45) is 3.21. The largest absolute Gasteiger partial charge is 0.480 e. The summed E-state index contributed by atoms with van der Waals surface area (Å²) in [6, 6.07) is 1.05. The average molecular weight is 396 g/mol. The number of ether oxygens (including phenoxy) is 1. The second-order valence-electron chi connectivity index (χ2n) is 8.64. The van der Waals surface area contributed by atoms with Gasteiger partial charge < -0.3 is 19.6 Å². The van der Waals surface area contributed by atoms with Gasteiger partial charge in [-0.1, -0.05) is 0 Å². The van der Waals surface area contributed by atoms with E-state index in [1.807, 2.05) is 4.90 Å². The van der Waals surface area contributed by atoms with E-state index in [9.17, 15) is 9.59 Å². The van der Waals surface area contributed by atoms with Crippen LogP contribution in [0, 0.1) is 0 Å². The number of piperazine rings is 2. The Balaban J connectivity index is 1.32. The van der Waals surface area contributed by atoms with E-state index < -0.39 is 5.97 Å². The summed E-state index contributed by atoms with van der Waals surface area (Å²) in [6.45, 7) is 8.36. The molecule has 0 aromatic heterocycles. The zero-order chi connectivity index (χ0) is 19.7. The Bertz CT molecular complexity index is 579. The van der Waals surface area contributed by atoms with Crippen LogP contribution in [0.4, 0.5) is 4.79 Å². The third kappa shape index (κ3) is 4.76. The van der Waals surface area contributed by atoms with Crippen LogP contribution in [0.5, 0.6) is 0 Å². The summed E-state index contributed by atoms with van der Waals surface area (Å²) in [4.78, 5) is 34.0. The summed E-state index contributed by atoms with van der Waals surface area (Å²) < 4.78 is 5.56. The van der Waals surface area contributed by atoms with Gasteiger partial charge in [0.05, 0.1) is 13.1 Å². The van der Waals surface area contributed by atoms with E-state index in [0.717, 1.165) is 51.7 Å². The Morgan fingerprint density at radius 1 is 1.07 bits per heavy atom. The topological polar surface area (TPSA) is 79.8 Å². The molecule has 3 heterocycles. The lowest BCUT2D eigenvalue weighted by Crippen LogP contribution is -2.59. The summed E-state index contributed by atoms with van der Waals surface area (Å²) in [7, 11) is 1.76. The summed E-state index contributed by atoms with van der Waals surface area (Å²) in [5, 5.41) is 9.16. The molecular formula is C19H33N5O4. The highest BCUT2D eigenvalue weighted by Gasteiger charge is 2.39. The average Bonchev–Trinajstić information content (AvgIpc) is 3.46. The zero-order valence-electron chi connectivity index (χ0n) is 16.8. The van der Waals surface area contributed by atoms with Crippen LogP contribution in [0.2, 0.25) is 0 Å². The van der Waals surface area contributed by atoms with Crippen molar-refractivity contribution < 1.29 is 19.4 Å². The van der Waals surface area contributed by atoms with Crippen molar-refractivity contribution in [2.75, 3.05) is 72.5 Å². The lowest BCUT2D eigenvalue weighted by atomic mass is 10.1. The molecule has 1 amide bonds. The Morgan fingerprint density at radius 3 is 2.39 bits per heavy atom. The molecule has 2 unspecified atom stereocenters. The number of likely N-dealkylation sites (N-methyl/N-ethyl adjacent to an activating group) is 1. The van der Waals surface area contributed by atoms with Crippen LogP contribution in [-0.4, -0.2) is 132 Å². The minimum Gasteiger partial charge on any atom is -0.480 e. The van der Waals surface area contributed by atoms with Crippen molar-refractivity contribution >= 4 is 12.1 Å². The van der Waals surface area contributed by atoms with Gasteiger partial charge in [0.1, 0.15) is 0 Å². The van der Waals surface area contributed by atoms with Crippen LogP contribution >= 0.6 is 0 Å². The zero-order valence-corrected chi connectivity index (χ0v) is 16.8. The molecular weight excluding hydrogens is 362 g/mol. The molecule has 0 bridgehead atoms. The van der Waals surface area contributed by atoms with E-state index in [1.54, 1.807) is 11.9 Å². The van der Waals surface area contributed by atoms with Gasteiger partial charge in [-0.2, -0.15) is 0 Å². The summed E-state index contributed by atoms with van der Waals surface area (Å²) >= 11 is 0. The fraction of sp³-hybridized carbons (Fsp3) is 0.895. The number of aliphatic carboxylic acids is 1. The van der Waals surface area contributed by atoms with Gasteiger partial charge in [-0.05, 0) is 25.8 Å². The number of carbonyl (C=O) groups excluding carboxylic acids is 1. The molecule has 0 spiro atoms. The number of hydrogen-bond donors (Lipinski definition) is 1. The predicted molar refractivity (Wildman–Crippen MR) is 103 cm³/mol. The molecule has 1 aliphatic carbocycles. The molecule has 4 rings (SSSR count). The molecule has 1 N–H and O–H groups in total. The highest BCUT2D eigenvalue weighted by atomic mass is 16.6. The maximum atomic E-state index is 11.8. The number of amides is 1. The van der Waals surface area contributed by atoms with Crippen molar-refractivity contribution in [3.8, 4) is 0 Å². The fourth-order valence-electron chi connectivity index (χ4n) is 4.75. The molecule has 28 heavy (non-hydrogen) atoms. The Morgan fingerprint density at radius 2 is 1.79 bits per heavy atom. The first kappa shape index (κ1) is 19.9. The molecule has 4 aliphatic rings. The molecule has 3 aliphatic heterocycles. The maximum Gasteiger partial charge on any atom is 0.411 e. The SMILES string of the molecule is CN1CC(N2CCN(CC(=O)O)CC2CCN2CCN(C3CC3)CC2)OC1=O. The third-order valence-electron chi connectivity index (χ3n) is 6.57. The van der Waals surface area contributed by atoms with Gasteiger partial charge in [-0.25, -0.2) is 4.79 Å². The van der Waals surface area contributed by atoms with E-state index >= 15 is 0 Å². The first-order chi connectivity index (χ1) is 13.5. The molecule has 4 fully saturated rings. The quantitative estimate of drug-likeness (QED) is 0.626. The van der Waals surface area contributed by atoms with E-state index in [4.69, 9.17) is 9.84 Å². The summed E-state index contributed by atoms with van der Waals surface area (Å²) in [5.41, 5.74) is 0. The van der Waals surface area contributed by atoms with Gasteiger partial charge in [0, 0.05) is 64.9 Å². The van der Waals surface area contributed by atoms with Gasteiger partial charge in [-0.3, -0.25) is 19.5 Å². The van der Waals surface area contributed by atoms with E-state index in [-0.39, 0.29) is 24.9 Å². The first-order valence-electron chi connectivity index (χ1n) is 10.6. The van der Waals surface area contributed by atoms with Crippen LogP contribution < -0.4 is 0 Å². The van der Waals surface area contributed by atoms with Crippen LogP contribution in [0.1, 0.15) is 19.3 Å².